The molecule has 2 aromatic carbocycles. The minimum absolute atomic E-state index is 0.0278. The number of para-hydroxylation sites is 1. The van der Waals surface area contributed by atoms with Gasteiger partial charge < -0.3 is 19.5 Å². The molecule has 0 saturated heterocycles. The van der Waals surface area contributed by atoms with Gasteiger partial charge in [0.25, 0.3) is 5.91 Å². The Balaban J connectivity index is 2.17. The molecule has 1 N–H and O–H groups in total. The van der Waals surface area contributed by atoms with E-state index in [1.807, 2.05) is 31.2 Å². The first-order valence-electron chi connectivity index (χ1n) is 9.63. The summed E-state index contributed by atoms with van der Waals surface area (Å²) in [5.41, 5.74) is 1.27. The van der Waals surface area contributed by atoms with Gasteiger partial charge in [0.05, 0.1) is 14.2 Å². The third kappa shape index (κ3) is 6.75. The highest BCUT2D eigenvalue weighted by atomic mass is 16.6. The van der Waals surface area contributed by atoms with Crippen LogP contribution in [0.5, 0.6) is 17.2 Å². The fourth-order valence-electron chi connectivity index (χ4n) is 2.61. The van der Waals surface area contributed by atoms with Crippen LogP contribution in [-0.2, 0) is 9.59 Å². The van der Waals surface area contributed by atoms with Gasteiger partial charge in [0.1, 0.15) is 17.4 Å². The third-order valence-corrected chi connectivity index (χ3v) is 4.15. The number of carbonyl (C=O) groups excluding carboxylic acids is 2. The minimum Gasteiger partial charge on any atom is -0.496 e. The summed E-state index contributed by atoms with van der Waals surface area (Å²) in [6, 6.07) is 13.9. The van der Waals surface area contributed by atoms with Gasteiger partial charge in [-0.15, -0.1) is 0 Å². The maximum atomic E-state index is 12.2. The molecule has 0 atom stereocenters. The molecule has 2 aromatic rings. The number of nitriles is 1. The maximum absolute atomic E-state index is 12.2. The summed E-state index contributed by atoms with van der Waals surface area (Å²) < 4.78 is 15.9. The van der Waals surface area contributed by atoms with Crippen LogP contribution < -0.4 is 19.5 Å². The first-order chi connectivity index (χ1) is 15.0. The fourth-order valence-corrected chi connectivity index (χ4v) is 2.61. The second-order valence-electron chi connectivity index (χ2n) is 6.33. The Hall–Kier alpha value is -4.05. The number of benzene rings is 2. The van der Waals surface area contributed by atoms with E-state index >= 15 is 0 Å². The van der Waals surface area contributed by atoms with Gasteiger partial charge in [0, 0.05) is 18.2 Å². The number of ether oxygens (including phenoxy) is 3. The number of amides is 1. The van der Waals surface area contributed by atoms with Crippen molar-refractivity contribution in [1.82, 2.24) is 5.32 Å². The summed E-state index contributed by atoms with van der Waals surface area (Å²) in [6.45, 7) is 2.41. The van der Waals surface area contributed by atoms with Crippen LogP contribution in [-0.4, -0.2) is 32.6 Å². The molecule has 0 aliphatic rings. The molecule has 0 heterocycles. The van der Waals surface area contributed by atoms with Gasteiger partial charge >= 0.3 is 5.97 Å². The number of methoxy groups -OCH3 is 2. The highest BCUT2D eigenvalue weighted by Crippen LogP contribution is 2.29. The quantitative estimate of drug-likeness (QED) is 0.287. The molecule has 160 valence electrons. The van der Waals surface area contributed by atoms with E-state index in [9.17, 15) is 14.9 Å². The van der Waals surface area contributed by atoms with Crippen LogP contribution in [0.15, 0.2) is 54.1 Å². The molecule has 2 rings (SSSR count). The second-order valence-corrected chi connectivity index (χ2v) is 6.33. The Labute approximate surface area is 181 Å². The lowest BCUT2D eigenvalue weighted by Gasteiger charge is -2.09. The van der Waals surface area contributed by atoms with Crippen molar-refractivity contribution in [2.75, 3.05) is 20.8 Å². The maximum Gasteiger partial charge on any atom is 0.336 e. The normalized spacial score (nSPS) is 11.0. The molecule has 7 nitrogen and oxygen atoms in total. The van der Waals surface area contributed by atoms with Crippen molar-refractivity contribution < 1.29 is 23.8 Å². The first-order valence-corrected chi connectivity index (χ1v) is 9.63. The average Bonchev–Trinajstić information content (AvgIpc) is 2.80. The van der Waals surface area contributed by atoms with E-state index in [4.69, 9.17) is 14.2 Å². The van der Waals surface area contributed by atoms with Crippen molar-refractivity contribution in [3.8, 4) is 23.3 Å². The second kappa shape index (κ2) is 11.8. The number of nitrogens with zero attached hydrogens (tertiary/aromatic N) is 1. The zero-order valence-electron chi connectivity index (χ0n) is 17.7. The monoisotopic (exact) mass is 420 g/mol. The lowest BCUT2D eigenvalue weighted by Crippen LogP contribution is -2.25. The SMILES string of the molecule is CCCNC(=O)C(C#N)=Cc1ccc(OC(=O)C=Cc2ccccc2OC)c(OC)c1. The molecule has 0 saturated carbocycles. The van der Waals surface area contributed by atoms with E-state index in [0.717, 1.165) is 12.0 Å². The molecule has 0 aliphatic carbocycles. The van der Waals surface area contributed by atoms with E-state index in [0.29, 0.717) is 23.6 Å². The van der Waals surface area contributed by atoms with Gasteiger partial charge in [-0.25, -0.2) is 4.79 Å². The summed E-state index contributed by atoms with van der Waals surface area (Å²) in [4.78, 5) is 24.3. The molecule has 0 radical (unpaired) electrons. The summed E-state index contributed by atoms with van der Waals surface area (Å²) >= 11 is 0. The van der Waals surface area contributed by atoms with Crippen molar-refractivity contribution in [3.63, 3.8) is 0 Å². The number of nitrogens with one attached hydrogen (secondary N) is 1. The van der Waals surface area contributed by atoms with Gasteiger partial charge in [-0.05, 0) is 42.3 Å². The Morgan fingerprint density at radius 1 is 1.06 bits per heavy atom. The van der Waals surface area contributed by atoms with Gasteiger partial charge in [0.15, 0.2) is 11.5 Å². The van der Waals surface area contributed by atoms with Crippen LogP contribution in [0.25, 0.3) is 12.2 Å². The topological polar surface area (TPSA) is 97.7 Å². The van der Waals surface area contributed by atoms with Crippen molar-refractivity contribution in [1.29, 1.82) is 5.26 Å². The third-order valence-electron chi connectivity index (χ3n) is 4.15. The fraction of sp³-hybridized carbons (Fsp3) is 0.208. The molecule has 0 fully saturated rings. The van der Waals surface area contributed by atoms with E-state index < -0.39 is 11.9 Å². The minimum atomic E-state index is -0.593. The Morgan fingerprint density at radius 2 is 1.81 bits per heavy atom. The number of carbonyl (C=O) groups is 2. The van der Waals surface area contributed by atoms with Crippen molar-refractivity contribution in [2.24, 2.45) is 0 Å². The van der Waals surface area contributed by atoms with Crippen LogP contribution in [0.3, 0.4) is 0 Å². The van der Waals surface area contributed by atoms with Gasteiger partial charge in [-0.1, -0.05) is 31.2 Å². The number of hydrogen-bond acceptors (Lipinski definition) is 6. The van der Waals surface area contributed by atoms with E-state index in [1.165, 1.54) is 19.3 Å². The molecular weight excluding hydrogens is 396 g/mol. The van der Waals surface area contributed by atoms with E-state index in [2.05, 4.69) is 5.32 Å². The molecule has 0 spiro atoms. The van der Waals surface area contributed by atoms with Crippen LogP contribution in [0.1, 0.15) is 24.5 Å². The summed E-state index contributed by atoms with van der Waals surface area (Å²) in [7, 11) is 2.99. The lowest BCUT2D eigenvalue weighted by molar-refractivity contribution is -0.129. The Morgan fingerprint density at radius 3 is 2.48 bits per heavy atom. The van der Waals surface area contributed by atoms with Gasteiger partial charge in [-0.2, -0.15) is 5.26 Å². The van der Waals surface area contributed by atoms with E-state index in [-0.39, 0.29) is 11.3 Å². The van der Waals surface area contributed by atoms with Crippen molar-refractivity contribution in [3.05, 3.63) is 65.2 Å². The molecule has 1 amide bonds. The zero-order valence-corrected chi connectivity index (χ0v) is 17.7. The Kier molecular flexibility index (Phi) is 8.87. The van der Waals surface area contributed by atoms with Crippen LogP contribution in [0, 0.1) is 11.3 Å². The number of hydrogen-bond donors (Lipinski definition) is 1. The molecule has 31 heavy (non-hydrogen) atoms. The van der Waals surface area contributed by atoms with Gasteiger partial charge in [0.2, 0.25) is 0 Å². The number of esters is 1. The highest BCUT2D eigenvalue weighted by molar-refractivity contribution is 6.01. The summed E-state index contributed by atoms with van der Waals surface area (Å²) in [5, 5.41) is 11.9. The predicted molar refractivity (Wildman–Crippen MR) is 118 cm³/mol. The standard InChI is InChI=1S/C24H24N2O5/c1-4-13-26-24(28)19(16-25)14-17-9-11-21(22(15-17)30-3)31-23(27)12-10-18-7-5-6-8-20(18)29-2/h5-12,14-15H,4,13H2,1-3H3,(H,26,28). The van der Waals surface area contributed by atoms with Crippen LogP contribution in [0.2, 0.25) is 0 Å². The van der Waals surface area contributed by atoms with E-state index in [1.54, 1.807) is 37.5 Å². The smallest absolute Gasteiger partial charge is 0.336 e. The van der Waals surface area contributed by atoms with Crippen LogP contribution >= 0.6 is 0 Å². The molecule has 0 bridgehead atoms. The molecule has 0 aromatic heterocycles. The van der Waals surface area contributed by atoms with Crippen LogP contribution in [0.4, 0.5) is 0 Å². The summed E-state index contributed by atoms with van der Waals surface area (Å²) in [5.74, 6) is 0.100. The molecule has 0 unspecified atom stereocenters. The highest BCUT2D eigenvalue weighted by Gasteiger charge is 2.12. The van der Waals surface area contributed by atoms with Gasteiger partial charge in [-0.3, -0.25) is 4.79 Å². The predicted octanol–water partition coefficient (Wildman–Crippen LogP) is 3.76. The lowest BCUT2D eigenvalue weighted by atomic mass is 10.1. The zero-order chi connectivity index (χ0) is 22.6. The largest absolute Gasteiger partial charge is 0.496 e. The molecular formula is C24H24N2O5. The summed E-state index contributed by atoms with van der Waals surface area (Å²) in [6.07, 6.45) is 5.10. The number of rotatable bonds is 9. The molecule has 0 aliphatic heterocycles. The molecule has 7 heteroatoms. The van der Waals surface area contributed by atoms with Crippen molar-refractivity contribution >= 4 is 24.0 Å². The average molecular weight is 420 g/mol. The van der Waals surface area contributed by atoms with Crippen molar-refractivity contribution in [2.45, 2.75) is 13.3 Å². The Bertz CT molecular complexity index is 1030. The first kappa shape index (κ1) is 23.2.